The maximum atomic E-state index is 14.2. The molecule has 0 radical (unpaired) electrons. The monoisotopic (exact) mass is 467 g/mol. The molecule has 0 spiro atoms. The molecule has 30 heavy (non-hydrogen) atoms. The topological polar surface area (TPSA) is 47.0 Å². The summed E-state index contributed by atoms with van der Waals surface area (Å²) in [5.74, 6) is -2.87. The van der Waals surface area contributed by atoms with Crippen molar-refractivity contribution in [1.29, 1.82) is 0 Å². The van der Waals surface area contributed by atoms with Crippen LogP contribution in [0.1, 0.15) is 0 Å². The van der Waals surface area contributed by atoms with Crippen molar-refractivity contribution in [3.63, 3.8) is 0 Å². The lowest BCUT2D eigenvalue weighted by atomic mass is 10.0. The van der Waals surface area contributed by atoms with Gasteiger partial charge in [-0.05, 0) is 42.0 Å². The fourth-order valence-electron chi connectivity index (χ4n) is 3.10. The maximum absolute atomic E-state index is 14.2. The van der Waals surface area contributed by atoms with E-state index in [9.17, 15) is 21.6 Å². The molecule has 0 fully saturated rings. The summed E-state index contributed by atoms with van der Waals surface area (Å²) in [6.07, 6.45) is 1.05. The Labute approximate surface area is 179 Å². The van der Waals surface area contributed by atoms with Crippen LogP contribution >= 0.6 is 23.2 Å². The van der Waals surface area contributed by atoms with Gasteiger partial charge in [-0.25, -0.2) is 21.6 Å². The molecule has 1 aromatic heterocycles. The molecule has 0 aliphatic rings. The smallest absolute Gasteiger partial charge is 0.208 e. The van der Waals surface area contributed by atoms with Crippen LogP contribution in [0.15, 0.2) is 70.6 Å². The molecular formula is C21H10Cl2F3NO2S. The van der Waals surface area contributed by atoms with E-state index < -0.39 is 32.2 Å². The van der Waals surface area contributed by atoms with E-state index in [-0.39, 0.29) is 26.4 Å². The second kappa shape index (κ2) is 7.58. The Balaban J connectivity index is 2.10. The van der Waals surface area contributed by atoms with Crippen LogP contribution in [0.4, 0.5) is 13.2 Å². The van der Waals surface area contributed by atoms with Crippen LogP contribution in [-0.4, -0.2) is 13.4 Å². The van der Waals surface area contributed by atoms with Crippen molar-refractivity contribution in [3.05, 3.63) is 88.3 Å². The quantitative estimate of drug-likeness (QED) is 0.347. The summed E-state index contributed by atoms with van der Waals surface area (Å²) >= 11 is 11.8. The van der Waals surface area contributed by atoms with Crippen molar-refractivity contribution in [2.24, 2.45) is 0 Å². The Morgan fingerprint density at radius 2 is 1.47 bits per heavy atom. The average Bonchev–Trinajstić information content (AvgIpc) is 2.68. The first-order valence-corrected chi connectivity index (χ1v) is 10.7. The van der Waals surface area contributed by atoms with E-state index in [0.29, 0.717) is 28.8 Å². The van der Waals surface area contributed by atoms with Gasteiger partial charge >= 0.3 is 0 Å². The van der Waals surface area contributed by atoms with Crippen LogP contribution < -0.4 is 0 Å². The van der Waals surface area contributed by atoms with Crippen molar-refractivity contribution in [2.75, 3.05) is 0 Å². The predicted molar refractivity (Wildman–Crippen MR) is 109 cm³/mol. The zero-order chi connectivity index (χ0) is 21.6. The Bertz CT molecular complexity index is 1390. The molecular weight excluding hydrogens is 458 g/mol. The van der Waals surface area contributed by atoms with E-state index in [1.165, 1.54) is 18.2 Å². The zero-order valence-electron chi connectivity index (χ0n) is 14.8. The minimum absolute atomic E-state index is 0.108. The van der Waals surface area contributed by atoms with Crippen LogP contribution in [0.25, 0.3) is 22.0 Å². The van der Waals surface area contributed by atoms with E-state index in [0.717, 1.165) is 12.3 Å². The van der Waals surface area contributed by atoms with Crippen LogP contribution in [0.2, 0.25) is 10.0 Å². The molecule has 1 heterocycles. The number of pyridine rings is 1. The van der Waals surface area contributed by atoms with Crippen LogP contribution in [0.3, 0.4) is 0 Å². The number of nitrogens with zero attached hydrogens (tertiary/aromatic N) is 1. The third-order valence-electron chi connectivity index (χ3n) is 4.44. The highest BCUT2D eigenvalue weighted by Crippen LogP contribution is 2.38. The molecule has 152 valence electrons. The zero-order valence-corrected chi connectivity index (χ0v) is 17.2. The molecule has 0 atom stereocenters. The number of rotatable bonds is 3. The molecule has 3 nitrogen and oxygen atoms in total. The number of benzene rings is 3. The number of sulfone groups is 1. The minimum atomic E-state index is -4.42. The molecule has 0 aliphatic carbocycles. The second-order valence-electron chi connectivity index (χ2n) is 6.40. The van der Waals surface area contributed by atoms with Crippen molar-refractivity contribution in [2.45, 2.75) is 9.79 Å². The first kappa shape index (κ1) is 20.7. The lowest BCUT2D eigenvalue weighted by molar-refractivity contribution is 0.567. The van der Waals surface area contributed by atoms with Gasteiger partial charge in [0, 0.05) is 28.2 Å². The van der Waals surface area contributed by atoms with Crippen LogP contribution in [0.5, 0.6) is 0 Å². The van der Waals surface area contributed by atoms with Gasteiger partial charge in [0.25, 0.3) is 0 Å². The fraction of sp³-hybridized carbons (Fsp3) is 0. The summed E-state index contributed by atoms with van der Waals surface area (Å²) in [5.41, 5.74) is 0.747. The molecule has 0 saturated carbocycles. The summed E-state index contributed by atoms with van der Waals surface area (Å²) in [7, 11) is -4.42. The molecule has 3 aromatic carbocycles. The van der Waals surface area contributed by atoms with Crippen molar-refractivity contribution in [1.82, 2.24) is 4.98 Å². The summed E-state index contributed by atoms with van der Waals surface area (Å²) < 4.78 is 68.2. The molecule has 0 amide bonds. The molecule has 4 rings (SSSR count). The van der Waals surface area contributed by atoms with Gasteiger partial charge in [-0.1, -0.05) is 35.3 Å². The van der Waals surface area contributed by atoms with E-state index in [1.54, 1.807) is 12.1 Å². The van der Waals surface area contributed by atoms with E-state index >= 15 is 0 Å². The van der Waals surface area contributed by atoms with Gasteiger partial charge in [-0.3, -0.25) is 4.98 Å². The molecule has 9 heteroatoms. The van der Waals surface area contributed by atoms with E-state index in [4.69, 9.17) is 23.2 Å². The minimum Gasteiger partial charge on any atom is -0.255 e. The molecule has 0 aliphatic heterocycles. The number of halogens is 5. The van der Waals surface area contributed by atoms with Crippen molar-refractivity contribution >= 4 is 43.9 Å². The first-order valence-electron chi connectivity index (χ1n) is 8.42. The van der Waals surface area contributed by atoms with Gasteiger partial charge < -0.3 is 0 Å². The average molecular weight is 468 g/mol. The van der Waals surface area contributed by atoms with Gasteiger partial charge in [-0.15, -0.1) is 0 Å². The number of fused-ring (bicyclic) bond motifs is 1. The summed E-state index contributed by atoms with van der Waals surface area (Å²) in [5, 5.41) is 0.389. The number of aromatic nitrogens is 1. The second-order valence-corrected chi connectivity index (χ2v) is 9.16. The summed E-state index contributed by atoms with van der Waals surface area (Å²) in [6.45, 7) is 0. The Hall–Kier alpha value is -2.61. The third kappa shape index (κ3) is 3.64. The predicted octanol–water partition coefficient (Wildman–Crippen LogP) is 6.46. The van der Waals surface area contributed by atoms with Gasteiger partial charge in [0.05, 0.1) is 20.3 Å². The van der Waals surface area contributed by atoms with Crippen LogP contribution in [-0.2, 0) is 9.84 Å². The highest BCUT2D eigenvalue weighted by molar-refractivity contribution is 7.91. The van der Waals surface area contributed by atoms with E-state index in [1.807, 2.05) is 0 Å². The first-order chi connectivity index (χ1) is 14.2. The summed E-state index contributed by atoms with van der Waals surface area (Å²) in [6, 6.07) is 10.5. The largest absolute Gasteiger partial charge is 0.255 e. The SMILES string of the molecule is O=S(=O)(c1cc(F)cc(F)c1)c1cnc2cc(Cl)c(F)cc2c1-c1ccc(Cl)cc1. The highest BCUT2D eigenvalue weighted by atomic mass is 35.5. The van der Waals surface area contributed by atoms with Crippen LogP contribution in [0, 0.1) is 17.5 Å². The van der Waals surface area contributed by atoms with Crippen molar-refractivity contribution < 1.29 is 21.6 Å². The van der Waals surface area contributed by atoms with Gasteiger partial charge in [0.2, 0.25) is 9.84 Å². The molecule has 4 aromatic rings. The lowest BCUT2D eigenvalue weighted by Gasteiger charge is -2.14. The van der Waals surface area contributed by atoms with Gasteiger partial charge in [0.1, 0.15) is 17.5 Å². The maximum Gasteiger partial charge on any atom is 0.208 e. The Kier molecular flexibility index (Phi) is 5.22. The standard InChI is InChI=1S/C21H10Cl2F3NO2S/c22-12-3-1-11(2-4-12)21-16-8-18(26)17(23)9-19(16)27-10-20(21)30(28,29)15-6-13(24)5-14(25)7-15/h1-10H. The number of hydrogen-bond donors (Lipinski definition) is 0. The van der Waals surface area contributed by atoms with E-state index in [2.05, 4.69) is 4.98 Å². The lowest BCUT2D eigenvalue weighted by Crippen LogP contribution is -2.07. The normalized spacial score (nSPS) is 11.8. The summed E-state index contributed by atoms with van der Waals surface area (Å²) in [4.78, 5) is 3.14. The molecule has 0 saturated heterocycles. The number of hydrogen-bond acceptors (Lipinski definition) is 3. The molecule has 0 bridgehead atoms. The Morgan fingerprint density at radius 1 is 0.833 bits per heavy atom. The molecule has 0 N–H and O–H groups in total. The Morgan fingerprint density at radius 3 is 2.10 bits per heavy atom. The van der Waals surface area contributed by atoms with Crippen molar-refractivity contribution in [3.8, 4) is 11.1 Å². The fourth-order valence-corrected chi connectivity index (χ4v) is 4.86. The third-order valence-corrected chi connectivity index (χ3v) is 6.73. The van der Waals surface area contributed by atoms with Gasteiger partial charge in [-0.2, -0.15) is 0 Å². The van der Waals surface area contributed by atoms with Gasteiger partial charge in [0.15, 0.2) is 0 Å². The highest BCUT2D eigenvalue weighted by Gasteiger charge is 2.26. The molecule has 0 unspecified atom stereocenters.